The van der Waals surface area contributed by atoms with Crippen molar-refractivity contribution in [2.75, 3.05) is 6.26 Å². The lowest BCUT2D eigenvalue weighted by atomic mass is 10.1. The molecule has 2 heterocycles. The van der Waals surface area contributed by atoms with E-state index in [-0.39, 0.29) is 0 Å². The van der Waals surface area contributed by atoms with Crippen molar-refractivity contribution in [2.45, 2.75) is 4.90 Å². The van der Waals surface area contributed by atoms with Gasteiger partial charge < -0.3 is 0 Å². The second-order valence-corrected chi connectivity index (χ2v) is 7.23. The maximum Gasteiger partial charge on any atom is 0.159 e. The SMILES string of the molecule is CSc1ccccc1-c1ccnc(-c2c[c]c(-c3cccs3)cc2)n1. The predicted molar refractivity (Wildman–Crippen MR) is 107 cm³/mol. The smallest absolute Gasteiger partial charge is 0.159 e. The van der Waals surface area contributed by atoms with Gasteiger partial charge in [0.15, 0.2) is 5.82 Å². The van der Waals surface area contributed by atoms with E-state index in [2.05, 4.69) is 65.2 Å². The molecular formula is C21H15N2S2. The minimum Gasteiger partial charge on any atom is -0.237 e. The van der Waals surface area contributed by atoms with Crippen LogP contribution in [0.1, 0.15) is 0 Å². The Hall–Kier alpha value is -2.43. The molecule has 0 N–H and O–H groups in total. The summed E-state index contributed by atoms with van der Waals surface area (Å²) in [5.74, 6) is 0.724. The molecule has 0 unspecified atom stereocenters. The first-order valence-corrected chi connectivity index (χ1v) is 9.98. The molecule has 2 nitrogen and oxygen atoms in total. The summed E-state index contributed by atoms with van der Waals surface area (Å²) in [5.41, 5.74) is 4.15. The van der Waals surface area contributed by atoms with Crippen molar-refractivity contribution in [3.05, 3.63) is 78.3 Å². The van der Waals surface area contributed by atoms with Crippen LogP contribution < -0.4 is 0 Å². The molecule has 2 aromatic carbocycles. The van der Waals surface area contributed by atoms with Crippen LogP contribution in [0.25, 0.3) is 33.1 Å². The van der Waals surface area contributed by atoms with E-state index in [0.29, 0.717) is 0 Å². The predicted octanol–water partition coefficient (Wildman–Crippen LogP) is 6.06. The van der Waals surface area contributed by atoms with Crippen LogP contribution in [-0.4, -0.2) is 16.2 Å². The van der Waals surface area contributed by atoms with Gasteiger partial charge in [0.05, 0.1) is 5.69 Å². The molecule has 0 aliphatic carbocycles. The summed E-state index contributed by atoms with van der Waals surface area (Å²) in [6.45, 7) is 0. The summed E-state index contributed by atoms with van der Waals surface area (Å²) in [4.78, 5) is 11.7. The molecule has 0 aliphatic heterocycles. The van der Waals surface area contributed by atoms with E-state index in [4.69, 9.17) is 4.98 Å². The van der Waals surface area contributed by atoms with Gasteiger partial charge in [-0.3, -0.25) is 0 Å². The van der Waals surface area contributed by atoms with Gasteiger partial charge >= 0.3 is 0 Å². The number of nitrogens with zero attached hydrogens (tertiary/aromatic N) is 2. The summed E-state index contributed by atoms with van der Waals surface area (Å²) < 4.78 is 0. The molecule has 4 rings (SSSR count). The summed E-state index contributed by atoms with van der Waals surface area (Å²) in [6, 6.07) is 23.9. The number of aromatic nitrogens is 2. The van der Waals surface area contributed by atoms with Gasteiger partial charge in [0.1, 0.15) is 0 Å². The van der Waals surface area contributed by atoms with Crippen molar-refractivity contribution in [3.63, 3.8) is 0 Å². The van der Waals surface area contributed by atoms with Crippen molar-refractivity contribution in [2.24, 2.45) is 0 Å². The zero-order chi connectivity index (χ0) is 17.1. The Morgan fingerprint density at radius 3 is 2.68 bits per heavy atom. The maximum atomic E-state index is 4.77. The molecule has 0 saturated heterocycles. The molecule has 4 heteroatoms. The van der Waals surface area contributed by atoms with Gasteiger partial charge in [-0.1, -0.05) is 36.4 Å². The number of rotatable bonds is 4. The second-order valence-electron chi connectivity index (χ2n) is 5.43. The Morgan fingerprint density at radius 2 is 1.92 bits per heavy atom. The minimum atomic E-state index is 0.724. The Kier molecular flexibility index (Phi) is 4.63. The Balaban J connectivity index is 1.70. The van der Waals surface area contributed by atoms with Crippen LogP contribution in [0.15, 0.2) is 77.1 Å². The molecular weight excluding hydrogens is 344 g/mol. The van der Waals surface area contributed by atoms with Crippen LogP contribution in [0.5, 0.6) is 0 Å². The number of thiophene rings is 1. The highest BCUT2D eigenvalue weighted by Crippen LogP contribution is 2.30. The third-order valence-corrected chi connectivity index (χ3v) is 5.60. The lowest BCUT2D eigenvalue weighted by Gasteiger charge is -2.08. The van der Waals surface area contributed by atoms with Gasteiger partial charge in [0, 0.05) is 27.1 Å². The lowest BCUT2D eigenvalue weighted by Crippen LogP contribution is -1.92. The quantitative estimate of drug-likeness (QED) is 0.414. The van der Waals surface area contributed by atoms with Gasteiger partial charge in [0.2, 0.25) is 0 Å². The van der Waals surface area contributed by atoms with E-state index in [1.165, 1.54) is 9.77 Å². The lowest BCUT2D eigenvalue weighted by molar-refractivity contribution is 1.17. The molecule has 0 aliphatic rings. The first-order chi connectivity index (χ1) is 12.3. The number of benzene rings is 2. The van der Waals surface area contributed by atoms with E-state index in [0.717, 1.165) is 28.2 Å². The molecule has 4 aromatic rings. The first-order valence-electron chi connectivity index (χ1n) is 7.87. The van der Waals surface area contributed by atoms with Crippen LogP contribution in [0.2, 0.25) is 0 Å². The fourth-order valence-electron chi connectivity index (χ4n) is 2.65. The van der Waals surface area contributed by atoms with E-state index in [1.54, 1.807) is 23.1 Å². The van der Waals surface area contributed by atoms with E-state index < -0.39 is 0 Å². The number of hydrogen-bond acceptors (Lipinski definition) is 4. The molecule has 0 saturated carbocycles. The molecule has 121 valence electrons. The van der Waals surface area contributed by atoms with Crippen molar-refractivity contribution in [3.8, 4) is 33.1 Å². The van der Waals surface area contributed by atoms with Crippen molar-refractivity contribution < 1.29 is 0 Å². The molecule has 2 aromatic heterocycles. The van der Waals surface area contributed by atoms with Gasteiger partial charge in [-0.2, -0.15) is 0 Å². The zero-order valence-corrected chi connectivity index (χ0v) is 15.3. The Labute approximate surface area is 155 Å². The van der Waals surface area contributed by atoms with E-state index >= 15 is 0 Å². The van der Waals surface area contributed by atoms with Crippen LogP contribution in [0, 0.1) is 6.07 Å². The monoisotopic (exact) mass is 359 g/mol. The first kappa shape index (κ1) is 16.1. The summed E-state index contributed by atoms with van der Waals surface area (Å²) in [7, 11) is 0. The molecule has 1 radical (unpaired) electrons. The van der Waals surface area contributed by atoms with Gasteiger partial charge in [-0.05, 0) is 47.5 Å². The molecule has 0 amide bonds. The third-order valence-electron chi connectivity index (χ3n) is 3.90. The van der Waals surface area contributed by atoms with Gasteiger partial charge in [-0.25, -0.2) is 9.97 Å². The van der Waals surface area contributed by atoms with Crippen LogP contribution in [0.3, 0.4) is 0 Å². The Bertz CT molecular complexity index is 977. The maximum absolute atomic E-state index is 4.77. The van der Waals surface area contributed by atoms with Crippen molar-refractivity contribution in [1.82, 2.24) is 9.97 Å². The topological polar surface area (TPSA) is 25.8 Å². The average Bonchev–Trinajstić information content (AvgIpc) is 3.23. The van der Waals surface area contributed by atoms with E-state index in [1.807, 2.05) is 24.4 Å². The normalized spacial score (nSPS) is 10.8. The number of hydrogen-bond donors (Lipinski definition) is 0. The van der Waals surface area contributed by atoms with Gasteiger partial charge in [0.25, 0.3) is 0 Å². The largest absolute Gasteiger partial charge is 0.237 e. The zero-order valence-electron chi connectivity index (χ0n) is 13.6. The van der Waals surface area contributed by atoms with Crippen LogP contribution in [-0.2, 0) is 0 Å². The number of thioether (sulfide) groups is 1. The molecule has 0 fully saturated rings. The highest BCUT2D eigenvalue weighted by Gasteiger charge is 2.08. The molecule has 0 bridgehead atoms. The van der Waals surface area contributed by atoms with E-state index in [9.17, 15) is 0 Å². The fraction of sp³-hybridized carbons (Fsp3) is 0.0476. The second kappa shape index (κ2) is 7.21. The van der Waals surface area contributed by atoms with Crippen LogP contribution >= 0.6 is 23.1 Å². The molecule has 25 heavy (non-hydrogen) atoms. The highest BCUT2D eigenvalue weighted by atomic mass is 32.2. The van der Waals surface area contributed by atoms with Gasteiger partial charge in [-0.15, -0.1) is 23.1 Å². The van der Waals surface area contributed by atoms with Crippen LogP contribution in [0.4, 0.5) is 0 Å². The Morgan fingerprint density at radius 1 is 1.00 bits per heavy atom. The molecule has 0 spiro atoms. The minimum absolute atomic E-state index is 0.724. The summed E-state index contributed by atoms with van der Waals surface area (Å²) >= 11 is 3.44. The summed E-state index contributed by atoms with van der Waals surface area (Å²) in [6.07, 6.45) is 3.90. The van der Waals surface area contributed by atoms with Crippen molar-refractivity contribution >= 4 is 23.1 Å². The summed E-state index contributed by atoms with van der Waals surface area (Å²) in [5, 5.41) is 2.08. The molecule has 0 atom stereocenters. The fourth-order valence-corrected chi connectivity index (χ4v) is 3.98. The highest BCUT2D eigenvalue weighted by molar-refractivity contribution is 7.98. The standard InChI is InChI=1S/C21H15N2S2/c1-24-20-6-3-2-5-17(20)18-12-13-22-21(23-18)16-10-8-15(9-11-16)19-7-4-14-25-19/h2-8,10-14H,1H3. The average molecular weight is 359 g/mol. The third kappa shape index (κ3) is 3.36. The van der Waals surface area contributed by atoms with Crippen molar-refractivity contribution in [1.29, 1.82) is 0 Å².